The second-order valence-corrected chi connectivity index (χ2v) is 8.28. The highest BCUT2D eigenvalue weighted by molar-refractivity contribution is 8.00. The van der Waals surface area contributed by atoms with Gasteiger partial charge in [-0.3, -0.25) is 9.59 Å². The summed E-state index contributed by atoms with van der Waals surface area (Å²) in [7, 11) is 1.54. The first-order valence-electron chi connectivity index (χ1n) is 8.71. The molecule has 2 aliphatic heterocycles. The average Bonchev–Trinajstić information content (AvgIpc) is 3.22. The van der Waals surface area contributed by atoms with Gasteiger partial charge in [0.2, 0.25) is 11.8 Å². The number of benzene rings is 2. The van der Waals surface area contributed by atoms with Gasteiger partial charge in [-0.2, -0.15) is 0 Å². The Morgan fingerprint density at radius 3 is 2.78 bits per heavy atom. The van der Waals surface area contributed by atoms with Gasteiger partial charge in [0.1, 0.15) is 16.7 Å². The molecule has 2 heterocycles. The molecule has 0 bridgehead atoms. The van der Waals surface area contributed by atoms with E-state index >= 15 is 0 Å². The number of carbonyl (C=O) groups excluding carboxylic acids is 2. The first-order chi connectivity index (χ1) is 13.0. The Labute approximate surface area is 167 Å². The molecule has 140 valence electrons. The molecule has 1 N–H and O–H groups in total. The van der Waals surface area contributed by atoms with Crippen molar-refractivity contribution in [1.29, 1.82) is 0 Å². The van der Waals surface area contributed by atoms with Crippen LogP contribution in [-0.2, 0) is 14.5 Å². The Balaban J connectivity index is 1.58. The van der Waals surface area contributed by atoms with Crippen molar-refractivity contribution in [3.8, 4) is 5.75 Å². The van der Waals surface area contributed by atoms with Crippen molar-refractivity contribution >= 4 is 40.9 Å². The molecule has 0 aromatic heterocycles. The fourth-order valence-electron chi connectivity index (χ4n) is 3.81. The fraction of sp³-hybridized carbons (Fsp3) is 0.300. The molecular weight excluding hydrogens is 384 g/mol. The lowest BCUT2D eigenvalue weighted by Crippen LogP contribution is -2.48. The van der Waals surface area contributed by atoms with Crippen LogP contribution in [0, 0.1) is 0 Å². The molecule has 0 spiro atoms. The number of methoxy groups -OCH3 is 1. The Morgan fingerprint density at radius 2 is 2.07 bits per heavy atom. The maximum absolute atomic E-state index is 12.9. The van der Waals surface area contributed by atoms with E-state index in [1.807, 2.05) is 30.3 Å². The van der Waals surface area contributed by atoms with E-state index in [2.05, 4.69) is 5.32 Å². The zero-order valence-electron chi connectivity index (χ0n) is 14.8. The number of ether oxygens (including phenoxy) is 1. The van der Waals surface area contributed by atoms with E-state index in [0.29, 0.717) is 28.6 Å². The Hall–Kier alpha value is -2.18. The van der Waals surface area contributed by atoms with Crippen LogP contribution in [-0.4, -0.2) is 35.6 Å². The van der Waals surface area contributed by atoms with E-state index in [1.165, 1.54) is 7.11 Å². The number of hydrogen-bond acceptors (Lipinski definition) is 4. The summed E-state index contributed by atoms with van der Waals surface area (Å²) in [5, 5.41) is 3.31. The van der Waals surface area contributed by atoms with Gasteiger partial charge in [0.05, 0.1) is 12.1 Å². The molecule has 7 heteroatoms. The predicted molar refractivity (Wildman–Crippen MR) is 107 cm³/mol. The van der Waals surface area contributed by atoms with E-state index in [1.54, 1.807) is 34.9 Å². The van der Waals surface area contributed by atoms with Gasteiger partial charge in [-0.05, 0) is 30.2 Å². The van der Waals surface area contributed by atoms with E-state index < -0.39 is 10.9 Å². The number of nitrogens with zero attached hydrogens (tertiary/aromatic N) is 1. The van der Waals surface area contributed by atoms with Gasteiger partial charge < -0.3 is 15.0 Å². The third kappa shape index (κ3) is 3.07. The first kappa shape index (κ1) is 18.2. The molecule has 0 radical (unpaired) electrons. The van der Waals surface area contributed by atoms with Crippen LogP contribution in [0.2, 0.25) is 5.02 Å². The summed E-state index contributed by atoms with van der Waals surface area (Å²) in [6.07, 6.45) is 1.18. The molecule has 2 amide bonds. The number of halogens is 1. The van der Waals surface area contributed by atoms with Crippen LogP contribution in [0.4, 0.5) is 5.69 Å². The van der Waals surface area contributed by atoms with Crippen LogP contribution in [0.1, 0.15) is 18.4 Å². The molecule has 2 fully saturated rings. The second-order valence-electron chi connectivity index (χ2n) is 6.58. The normalized spacial score (nSPS) is 24.0. The number of nitrogens with one attached hydrogen (secondary N) is 1. The smallest absolute Gasteiger partial charge is 0.248 e. The molecule has 2 aromatic rings. The monoisotopic (exact) mass is 402 g/mol. The molecule has 0 unspecified atom stereocenters. The number of amides is 2. The molecule has 0 saturated carbocycles. The zero-order chi connectivity index (χ0) is 19.0. The molecule has 2 saturated heterocycles. The first-order valence-corrected chi connectivity index (χ1v) is 10.1. The summed E-state index contributed by atoms with van der Waals surface area (Å²) in [5.41, 5.74) is 1.66. The minimum Gasteiger partial charge on any atom is -0.495 e. The predicted octanol–water partition coefficient (Wildman–Crippen LogP) is 3.88. The number of thioether (sulfide) groups is 1. The van der Waals surface area contributed by atoms with Crippen molar-refractivity contribution in [2.24, 2.45) is 0 Å². The molecule has 5 nitrogen and oxygen atoms in total. The number of anilines is 1. The summed E-state index contributed by atoms with van der Waals surface area (Å²) < 4.78 is 5.14. The number of fused-ring (bicyclic) bond motifs is 1. The lowest BCUT2D eigenvalue weighted by atomic mass is 10.0. The Bertz CT molecular complexity index is 892. The third-order valence-electron chi connectivity index (χ3n) is 5.07. The van der Waals surface area contributed by atoms with Gasteiger partial charge >= 0.3 is 0 Å². The maximum Gasteiger partial charge on any atom is 0.248 e. The molecule has 2 atom stereocenters. The van der Waals surface area contributed by atoms with Crippen LogP contribution in [0.15, 0.2) is 48.5 Å². The summed E-state index contributed by atoms with van der Waals surface area (Å²) in [4.78, 5) is 26.9. The zero-order valence-corrected chi connectivity index (χ0v) is 16.3. The van der Waals surface area contributed by atoms with Crippen LogP contribution in [0.25, 0.3) is 0 Å². The molecule has 2 aliphatic rings. The van der Waals surface area contributed by atoms with Crippen molar-refractivity contribution in [2.75, 3.05) is 18.2 Å². The molecule has 2 aromatic carbocycles. The van der Waals surface area contributed by atoms with Crippen molar-refractivity contribution < 1.29 is 14.3 Å². The topological polar surface area (TPSA) is 58.6 Å². The van der Waals surface area contributed by atoms with Crippen LogP contribution in [0.5, 0.6) is 5.75 Å². The Kier molecular flexibility index (Phi) is 4.78. The summed E-state index contributed by atoms with van der Waals surface area (Å²) >= 11 is 7.81. The highest BCUT2D eigenvalue weighted by Crippen LogP contribution is 2.54. The SMILES string of the molecule is COc1ccc(NC(=O)[C@H]2CS[C@@]3(c4ccccc4)CCC(=O)N23)cc1Cl. The van der Waals surface area contributed by atoms with Gasteiger partial charge in [-0.1, -0.05) is 41.9 Å². The van der Waals surface area contributed by atoms with E-state index in [4.69, 9.17) is 16.3 Å². The van der Waals surface area contributed by atoms with Gasteiger partial charge in [-0.15, -0.1) is 11.8 Å². The van der Waals surface area contributed by atoms with Crippen LogP contribution < -0.4 is 10.1 Å². The Morgan fingerprint density at radius 1 is 1.30 bits per heavy atom. The van der Waals surface area contributed by atoms with Gasteiger partial charge in [0.15, 0.2) is 0 Å². The van der Waals surface area contributed by atoms with Crippen molar-refractivity contribution in [3.05, 3.63) is 59.1 Å². The lowest BCUT2D eigenvalue weighted by molar-refractivity contribution is -0.136. The summed E-state index contributed by atoms with van der Waals surface area (Å²) in [5.74, 6) is 0.938. The lowest BCUT2D eigenvalue weighted by Gasteiger charge is -2.34. The van der Waals surface area contributed by atoms with E-state index in [0.717, 1.165) is 12.0 Å². The standard InChI is InChI=1S/C20H19ClN2O3S/c1-26-17-8-7-14(11-15(17)21)22-19(25)16-12-27-20(10-9-18(24)23(16)20)13-5-3-2-4-6-13/h2-8,11,16H,9-10,12H2,1H3,(H,22,25)/t16-,20-/m1/s1. The molecular formula is C20H19ClN2O3S. The fourth-order valence-corrected chi connectivity index (χ4v) is 5.71. The van der Waals surface area contributed by atoms with Crippen molar-refractivity contribution in [2.45, 2.75) is 23.8 Å². The number of hydrogen-bond donors (Lipinski definition) is 1. The highest BCUT2D eigenvalue weighted by Gasteiger charge is 2.56. The van der Waals surface area contributed by atoms with E-state index in [-0.39, 0.29) is 11.8 Å². The minimum absolute atomic E-state index is 0.0248. The summed E-state index contributed by atoms with van der Waals surface area (Å²) in [6, 6.07) is 14.5. The van der Waals surface area contributed by atoms with Crippen molar-refractivity contribution in [1.82, 2.24) is 4.90 Å². The van der Waals surface area contributed by atoms with Gasteiger partial charge in [-0.25, -0.2) is 0 Å². The highest BCUT2D eigenvalue weighted by atomic mass is 35.5. The molecule has 4 rings (SSSR count). The largest absolute Gasteiger partial charge is 0.495 e. The maximum atomic E-state index is 12.9. The number of carbonyl (C=O) groups is 2. The van der Waals surface area contributed by atoms with Crippen molar-refractivity contribution in [3.63, 3.8) is 0 Å². The van der Waals surface area contributed by atoms with Crippen LogP contribution in [0.3, 0.4) is 0 Å². The minimum atomic E-state index is -0.508. The third-order valence-corrected chi connectivity index (χ3v) is 6.97. The molecule has 0 aliphatic carbocycles. The quantitative estimate of drug-likeness (QED) is 0.843. The number of rotatable bonds is 4. The second kappa shape index (κ2) is 7.09. The molecule has 27 heavy (non-hydrogen) atoms. The average molecular weight is 403 g/mol. The van der Waals surface area contributed by atoms with E-state index in [9.17, 15) is 9.59 Å². The van der Waals surface area contributed by atoms with Crippen LogP contribution >= 0.6 is 23.4 Å². The van der Waals surface area contributed by atoms with Gasteiger partial charge in [0.25, 0.3) is 0 Å². The van der Waals surface area contributed by atoms with Gasteiger partial charge in [0, 0.05) is 17.9 Å². The summed E-state index contributed by atoms with van der Waals surface area (Å²) in [6.45, 7) is 0.